The smallest absolute Gasteiger partial charge is 0.270 e. The Kier molecular flexibility index (Phi) is 6.14. The van der Waals surface area contributed by atoms with E-state index in [1.807, 2.05) is 6.92 Å². The highest BCUT2D eigenvalue weighted by atomic mass is 35.5. The number of pyridine rings is 1. The van der Waals surface area contributed by atoms with Crippen LogP contribution in [0.15, 0.2) is 18.3 Å². The molecule has 0 atom stereocenters. The molecule has 0 aromatic carbocycles. The Balaban J connectivity index is 2.35. The van der Waals surface area contributed by atoms with Crippen molar-refractivity contribution in [1.29, 1.82) is 0 Å². The molecule has 2 amide bonds. The largest absolute Gasteiger partial charge is 0.355 e. The predicted octanol–water partition coefficient (Wildman–Crippen LogP) is 1.38. The summed E-state index contributed by atoms with van der Waals surface area (Å²) in [4.78, 5) is 26.8. The van der Waals surface area contributed by atoms with Crippen molar-refractivity contribution in [2.45, 2.75) is 19.8 Å². The maximum Gasteiger partial charge on any atom is 0.270 e. The SMILES string of the molecule is CCCCNC(=O)CNC(=O)c1cc(Cl)ccn1. The van der Waals surface area contributed by atoms with Crippen LogP contribution in [0, 0.1) is 0 Å². The molecule has 0 radical (unpaired) electrons. The van der Waals surface area contributed by atoms with Crippen LogP contribution in [-0.2, 0) is 4.79 Å². The second kappa shape index (κ2) is 7.66. The van der Waals surface area contributed by atoms with Crippen molar-refractivity contribution in [1.82, 2.24) is 15.6 Å². The zero-order chi connectivity index (χ0) is 13.4. The number of nitrogens with zero attached hydrogens (tertiary/aromatic N) is 1. The van der Waals surface area contributed by atoms with Gasteiger partial charge in [-0.1, -0.05) is 24.9 Å². The Morgan fingerprint density at radius 1 is 1.39 bits per heavy atom. The molecule has 1 aromatic rings. The summed E-state index contributed by atoms with van der Waals surface area (Å²) in [6.07, 6.45) is 3.38. The van der Waals surface area contributed by atoms with E-state index in [1.54, 1.807) is 6.07 Å². The van der Waals surface area contributed by atoms with Crippen LogP contribution in [0.5, 0.6) is 0 Å². The van der Waals surface area contributed by atoms with Gasteiger partial charge in [0.1, 0.15) is 5.69 Å². The molecular weight excluding hydrogens is 254 g/mol. The molecule has 0 spiro atoms. The Labute approximate surface area is 111 Å². The highest BCUT2D eigenvalue weighted by molar-refractivity contribution is 6.30. The van der Waals surface area contributed by atoms with Gasteiger partial charge in [0, 0.05) is 17.8 Å². The van der Waals surface area contributed by atoms with E-state index in [-0.39, 0.29) is 18.1 Å². The van der Waals surface area contributed by atoms with E-state index in [0.717, 1.165) is 12.8 Å². The maximum atomic E-state index is 11.6. The fraction of sp³-hybridized carbons (Fsp3) is 0.417. The van der Waals surface area contributed by atoms with Gasteiger partial charge in [0.2, 0.25) is 5.91 Å². The third kappa shape index (κ3) is 5.14. The van der Waals surface area contributed by atoms with Crippen molar-refractivity contribution in [3.63, 3.8) is 0 Å². The minimum absolute atomic E-state index is 0.0588. The molecule has 0 fully saturated rings. The molecule has 0 aliphatic carbocycles. The van der Waals surface area contributed by atoms with Crippen LogP contribution in [0.2, 0.25) is 5.02 Å². The number of nitrogens with one attached hydrogen (secondary N) is 2. The quantitative estimate of drug-likeness (QED) is 0.767. The first-order valence-electron chi connectivity index (χ1n) is 5.80. The molecule has 6 heteroatoms. The third-order valence-electron chi connectivity index (χ3n) is 2.22. The van der Waals surface area contributed by atoms with Crippen LogP contribution in [0.25, 0.3) is 0 Å². The molecule has 1 heterocycles. The number of hydrogen-bond acceptors (Lipinski definition) is 3. The number of aromatic nitrogens is 1. The molecule has 0 saturated heterocycles. The Morgan fingerprint density at radius 3 is 2.83 bits per heavy atom. The van der Waals surface area contributed by atoms with Crippen LogP contribution >= 0.6 is 11.6 Å². The van der Waals surface area contributed by atoms with Gasteiger partial charge in [-0.15, -0.1) is 0 Å². The first-order valence-corrected chi connectivity index (χ1v) is 6.17. The summed E-state index contributed by atoms with van der Waals surface area (Å²) in [5.74, 6) is -0.623. The fourth-order valence-electron chi connectivity index (χ4n) is 1.25. The van der Waals surface area contributed by atoms with E-state index >= 15 is 0 Å². The zero-order valence-corrected chi connectivity index (χ0v) is 11.0. The van der Waals surface area contributed by atoms with Gasteiger partial charge in [0.05, 0.1) is 6.54 Å². The highest BCUT2D eigenvalue weighted by Crippen LogP contribution is 2.07. The standard InChI is InChI=1S/C12H16ClN3O2/c1-2-3-5-15-11(17)8-16-12(18)10-7-9(13)4-6-14-10/h4,6-7H,2-3,5,8H2,1H3,(H,15,17)(H,16,18). The topological polar surface area (TPSA) is 71.1 Å². The molecule has 0 unspecified atom stereocenters. The van der Waals surface area contributed by atoms with Crippen molar-refractivity contribution >= 4 is 23.4 Å². The lowest BCUT2D eigenvalue weighted by Gasteiger charge is -2.06. The summed E-state index contributed by atoms with van der Waals surface area (Å²) >= 11 is 5.74. The second-order valence-corrected chi connectivity index (χ2v) is 4.18. The fourth-order valence-corrected chi connectivity index (χ4v) is 1.41. The van der Waals surface area contributed by atoms with E-state index < -0.39 is 5.91 Å². The van der Waals surface area contributed by atoms with Gasteiger partial charge >= 0.3 is 0 Å². The van der Waals surface area contributed by atoms with Gasteiger partial charge in [0.25, 0.3) is 5.91 Å². The van der Waals surface area contributed by atoms with Crippen LogP contribution in [0.3, 0.4) is 0 Å². The summed E-state index contributed by atoms with van der Waals surface area (Å²) in [5, 5.41) is 5.62. The summed E-state index contributed by atoms with van der Waals surface area (Å²) in [7, 11) is 0. The average Bonchev–Trinajstić information content (AvgIpc) is 2.36. The summed E-state index contributed by atoms with van der Waals surface area (Å²) in [6, 6.07) is 3.03. The van der Waals surface area contributed by atoms with E-state index in [0.29, 0.717) is 11.6 Å². The van der Waals surface area contributed by atoms with E-state index in [1.165, 1.54) is 12.3 Å². The lowest BCUT2D eigenvalue weighted by atomic mass is 10.3. The van der Waals surface area contributed by atoms with Gasteiger partial charge < -0.3 is 10.6 Å². The highest BCUT2D eigenvalue weighted by Gasteiger charge is 2.09. The first-order chi connectivity index (χ1) is 8.63. The Hall–Kier alpha value is -1.62. The normalized spacial score (nSPS) is 9.89. The Morgan fingerprint density at radius 2 is 2.17 bits per heavy atom. The maximum absolute atomic E-state index is 11.6. The number of amides is 2. The van der Waals surface area contributed by atoms with Crippen LogP contribution in [-0.4, -0.2) is 29.9 Å². The van der Waals surface area contributed by atoms with Crippen molar-refractivity contribution in [3.05, 3.63) is 29.0 Å². The van der Waals surface area contributed by atoms with E-state index in [2.05, 4.69) is 15.6 Å². The van der Waals surface area contributed by atoms with Crippen molar-refractivity contribution < 1.29 is 9.59 Å². The number of hydrogen-bond donors (Lipinski definition) is 2. The molecule has 2 N–H and O–H groups in total. The molecule has 0 aliphatic heterocycles. The van der Waals surface area contributed by atoms with Crippen LogP contribution in [0.1, 0.15) is 30.3 Å². The second-order valence-electron chi connectivity index (χ2n) is 3.75. The number of carbonyl (C=O) groups is 2. The van der Waals surface area contributed by atoms with Crippen LogP contribution < -0.4 is 10.6 Å². The molecule has 1 rings (SSSR count). The lowest BCUT2D eigenvalue weighted by molar-refractivity contribution is -0.120. The minimum atomic E-state index is -0.414. The monoisotopic (exact) mass is 269 g/mol. The molecule has 0 bridgehead atoms. The summed E-state index contributed by atoms with van der Waals surface area (Å²) in [5.41, 5.74) is 0.198. The van der Waals surface area contributed by atoms with Gasteiger partial charge in [-0.2, -0.15) is 0 Å². The Bertz CT molecular complexity index is 424. The zero-order valence-electron chi connectivity index (χ0n) is 10.2. The van der Waals surface area contributed by atoms with Crippen molar-refractivity contribution in [3.8, 4) is 0 Å². The molecule has 98 valence electrons. The molecular formula is C12H16ClN3O2. The van der Waals surface area contributed by atoms with Crippen molar-refractivity contribution in [2.24, 2.45) is 0 Å². The van der Waals surface area contributed by atoms with Gasteiger partial charge in [0.15, 0.2) is 0 Å². The molecule has 0 saturated carbocycles. The first kappa shape index (κ1) is 14.4. The van der Waals surface area contributed by atoms with Gasteiger partial charge in [-0.05, 0) is 18.6 Å². The lowest BCUT2D eigenvalue weighted by Crippen LogP contribution is -2.37. The van der Waals surface area contributed by atoms with E-state index in [4.69, 9.17) is 11.6 Å². The summed E-state index contributed by atoms with van der Waals surface area (Å²) in [6.45, 7) is 2.61. The molecule has 5 nitrogen and oxygen atoms in total. The third-order valence-corrected chi connectivity index (χ3v) is 2.45. The minimum Gasteiger partial charge on any atom is -0.355 e. The molecule has 0 aliphatic rings. The number of rotatable bonds is 6. The number of unbranched alkanes of at least 4 members (excludes halogenated alkanes) is 1. The number of halogens is 1. The summed E-state index contributed by atoms with van der Waals surface area (Å²) < 4.78 is 0. The molecule has 1 aromatic heterocycles. The predicted molar refractivity (Wildman–Crippen MR) is 69.5 cm³/mol. The number of carbonyl (C=O) groups excluding carboxylic acids is 2. The van der Waals surface area contributed by atoms with Gasteiger partial charge in [-0.25, -0.2) is 0 Å². The van der Waals surface area contributed by atoms with Gasteiger partial charge in [-0.3, -0.25) is 14.6 Å². The van der Waals surface area contributed by atoms with Crippen LogP contribution in [0.4, 0.5) is 0 Å². The average molecular weight is 270 g/mol. The van der Waals surface area contributed by atoms with Crippen molar-refractivity contribution in [2.75, 3.05) is 13.1 Å². The molecule has 18 heavy (non-hydrogen) atoms. The van der Waals surface area contributed by atoms with E-state index in [9.17, 15) is 9.59 Å².